The Balaban J connectivity index is 1.44. The predicted octanol–water partition coefficient (Wildman–Crippen LogP) is 4.29. The van der Waals surface area contributed by atoms with Crippen LogP contribution in [0.1, 0.15) is 36.8 Å². The molecule has 1 fully saturated rings. The van der Waals surface area contributed by atoms with Crippen LogP contribution in [0.15, 0.2) is 36.4 Å². The number of carbonyl (C=O) groups excluding carboxylic acids is 1. The number of ether oxygens (including phenoxy) is 2. The molecule has 0 bridgehead atoms. The van der Waals surface area contributed by atoms with E-state index in [0.717, 1.165) is 44.0 Å². The third-order valence-electron chi connectivity index (χ3n) is 5.76. The average Bonchev–Trinajstić information content (AvgIpc) is 2.78. The van der Waals surface area contributed by atoms with Crippen molar-refractivity contribution in [2.45, 2.75) is 38.8 Å². The van der Waals surface area contributed by atoms with E-state index in [1.165, 1.54) is 12.1 Å². The zero-order chi connectivity index (χ0) is 22.2. The molecule has 0 aromatic heterocycles. The zero-order valence-electron chi connectivity index (χ0n) is 18.1. The molecule has 1 aliphatic rings. The number of rotatable bonds is 9. The van der Waals surface area contributed by atoms with Crippen molar-refractivity contribution in [2.75, 3.05) is 27.3 Å². The number of carbonyl (C=O) groups is 1. The van der Waals surface area contributed by atoms with Gasteiger partial charge in [0.2, 0.25) is 5.91 Å². The van der Waals surface area contributed by atoms with Gasteiger partial charge >= 0.3 is 0 Å². The summed E-state index contributed by atoms with van der Waals surface area (Å²) in [6.45, 7) is 2.56. The predicted molar refractivity (Wildman–Crippen MR) is 115 cm³/mol. The fourth-order valence-corrected chi connectivity index (χ4v) is 4.04. The van der Waals surface area contributed by atoms with E-state index >= 15 is 0 Å². The van der Waals surface area contributed by atoms with Gasteiger partial charge in [-0.05, 0) is 49.9 Å². The summed E-state index contributed by atoms with van der Waals surface area (Å²) in [6.07, 6.45) is 3.30. The summed E-state index contributed by atoms with van der Waals surface area (Å²) in [5.41, 5.74) is 1.40. The Morgan fingerprint density at radius 3 is 2.68 bits per heavy atom. The van der Waals surface area contributed by atoms with Crippen LogP contribution >= 0.6 is 0 Å². The molecule has 1 amide bonds. The first-order valence-electron chi connectivity index (χ1n) is 10.6. The topological polar surface area (TPSA) is 50.8 Å². The molecule has 0 saturated carbocycles. The standard InChI is InChI=1S/C24H30F2N2O3/c1-30-21-9-7-18(23(13-21)31-2)14-27-24(29)10-5-17-4-3-11-28(15-17)16-19-6-8-20(25)12-22(19)26/h6-9,12-13,17H,3-5,10-11,14-16H2,1-2H3,(H,27,29)/t17-/m1/s1. The molecule has 168 valence electrons. The highest BCUT2D eigenvalue weighted by Gasteiger charge is 2.21. The number of hydrogen-bond donors (Lipinski definition) is 1. The van der Waals surface area contributed by atoms with Gasteiger partial charge in [0.15, 0.2) is 0 Å². The van der Waals surface area contributed by atoms with Crippen molar-refractivity contribution in [3.05, 3.63) is 59.2 Å². The molecule has 0 spiro atoms. The third-order valence-corrected chi connectivity index (χ3v) is 5.76. The molecule has 7 heteroatoms. The maximum atomic E-state index is 13.9. The van der Waals surface area contributed by atoms with E-state index in [1.807, 2.05) is 12.1 Å². The van der Waals surface area contributed by atoms with Crippen LogP contribution in [-0.4, -0.2) is 38.1 Å². The van der Waals surface area contributed by atoms with E-state index in [9.17, 15) is 13.6 Å². The molecule has 2 aromatic carbocycles. The summed E-state index contributed by atoms with van der Waals surface area (Å²) in [5.74, 6) is 0.703. The summed E-state index contributed by atoms with van der Waals surface area (Å²) in [5, 5.41) is 2.96. The lowest BCUT2D eigenvalue weighted by molar-refractivity contribution is -0.121. The van der Waals surface area contributed by atoms with Gasteiger partial charge in [0.1, 0.15) is 23.1 Å². The molecule has 1 N–H and O–H groups in total. The van der Waals surface area contributed by atoms with Crippen molar-refractivity contribution in [3.8, 4) is 11.5 Å². The van der Waals surface area contributed by atoms with Crippen molar-refractivity contribution in [1.29, 1.82) is 0 Å². The molecule has 1 atom stereocenters. The van der Waals surface area contributed by atoms with Gasteiger partial charge < -0.3 is 14.8 Å². The second-order valence-corrected chi connectivity index (χ2v) is 7.97. The van der Waals surface area contributed by atoms with Gasteiger partial charge in [-0.25, -0.2) is 8.78 Å². The van der Waals surface area contributed by atoms with Crippen molar-refractivity contribution < 1.29 is 23.0 Å². The van der Waals surface area contributed by atoms with Gasteiger partial charge in [-0.3, -0.25) is 9.69 Å². The molecule has 31 heavy (non-hydrogen) atoms. The maximum Gasteiger partial charge on any atom is 0.220 e. The number of nitrogens with zero attached hydrogens (tertiary/aromatic N) is 1. The minimum Gasteiger partial charge on any atom is -0.497 e. The maximum absolute atomic E-state index is 13.9. The van der Waals surface area contributed by atoms with Gasteiger partial charge in [-0.1, -0.05) is 6.07 Å². The van der Waals surface area contributed by atoms with E-state index in [1.54, 1.807) is 20.3 Å². The summed E-state index contributed by atoms with van der Waals surface area (Å²) in [4.78, 5) is 14.5. The van der Waals surface area contributed by atoms with Gasteiger partial charge in [0.25, 0.3) is 0 Å². The molecule has 3 rings (SSSR count). The lowest BCUT2D eigenvalue weighted by Gasteiger charge is -2.32. The summed E-state index contributed by atoms with van der Waals surface area (Å²) in [6, 6.07) is 9.24. The lowest BCUT2D eigenvalue weighted by Crippen LogP contribution is -2.35. The number of likely N-dealkylation sites (tertiary alicyclic amines) is 1. The zero-order valence-corrected chi connectivity index (χ0v) is 18.1. The van der Waals surface area contributed by atoms with Crippen molar-refractivity contribution in [2.24, 2.45) is 5.92 Å². The first-order chi connectivity index (χ1) is 15.0. The Hall–Kier alpha value is -2.67. The van der Waals surface area contributed by atoms with Gasteiger partial charge in [-0.2, -0.15) is 0 Å². The third kappa shape index (κ3) is 6.66. The molecule has 1 saturated heterocycles. The molecular formula is C24H30F2N2O3. The van der Waals surface area contributed by atoms with Crippen LogP contribution in [0.5, 0.6) is 11.5 Å². The van der Waals surface area contributed by atoms with Crippen LogP contribution in [-0.2, 0) is 17.9 Å². The second kappa shape index (κ2) is 11.1. The first-order valence-corrected chi connectivity index (χ1v) is 10.6. The number of hydrogen-bond acceptors (Lipinski definition) is 4. The van der Waals surface area contributed by atoms with Gasteiger partial charge in [0.05, 0.1) is 14.2 Å². The smallest absolute Gasteiger partial charge is 0.220 e. The molecule has 5 nitrogen and oxygen atoms in total. The van der Waals surface area contributed by atoms with Crippen molar-refractivity contribution >= 4 is 5.91 Å². The van der Waals surface area contributed by atoms with Crippen LogP contribution in [0.3, 0.4) is 0 Å². The number of methoxy groups -OCH3 is 2. The molecule has 1 aliphatic heterocycles. The van der Waals surface area contributed by atoms with Crippen LogP contribution in [0, 0.1) is 17.6 Å². The number of benzene rings is 2. The SMILES string of the molecule is COc1ccc(CNC(=O)CC[C@H]2CCCN(Cc3ccc(F)cc3F)C2)c(OC)c1. The second-order valence-electron chi connectivity index (χ2n) is 7.97. The van der Waals surface area contributed by atoms with E-state index < -0.39 is 11.6 Å². The monoisotopic (exact) mass is 432 g/mol. The van der Waals surface area contributed by atoms with Crippen LogP contribution in [0.2, 0.25) is 0 Å². The largest absolute Gasteiger partial charge is 0.497 e. The van der Waals surface area contributed by atoms with Crippen molar-refractivity contribution in [3.63, 3.8) is 0 Å². The first kappa shape index (κ1) is 23.0. The Morgan fingerprint density at radius 1 is 1.13 bits per heavy atom. The van der Waals surface area contributed by atoms with Crippen LogP contribution < -0.4 is 14.8 Å². The summed E-state index contributed by atoms with van der Waals surface area (Å²) >= 11 is 0. The normalized spacial score (nSPS) is 16.7. The molecule has 0 aliphatic carbocycles. The molecular weight excluding hydrogens is 402 g/mol. The Labute approximate surface area is 182 Å². The number of amides is 1. The van der Waals surface area contributed by atoms with Gasteiger partial charge in [-0.15, -0.1) is 0 Å². The average molecular weight is 433 g/mol. The molecule has 2 aromatic rings. The quantitative estimate of drug-likeness (QED) is 0.642. The number of piperidine rings is 1. The van der Waals surface area contributed by atoms with E-state index in [4.69, 9.17) is 9.47 Å². The molecule has 1 heterocycles. The highest BCUT2D eigenvalue weighted by Crippen LogP contribution is 2.25. The summed E-state index contributed by atoms with van der Waals surface area (Å²) < 4.78 is 37.6. The lowest BCUT2D eigenvalue weighted by atomic mass is 9.93. The fourth-order valence-electron chi connectivity index (χ4n) is 4.04. The highest BCUT2D eigenvalue weighted by molar-refractivity contribution is 5.75. The van der Waals surface area contributed by atoms with E-state index in [-0.39, 0.29) is 5.91 Å². The van der Waals surface area contributed by atoms with Gasteiger partial charge in [0, 0.05) is 49.3 Å². The number of nitrogens with one attached hydrogen (secondary N) is 1. The fraction of sp³-hybridized carbons (Fsp3) is 0.458. The summed E-state index contributed by atoms with van der Waals surface area (Å²) in [7, 11) is 3.19. The Morgan fingerprint density at radius 2 is 1.94 bits per heavy atom. The minimum atomic E-state index is -0.559. The van der Waals surface area contributed by atoms with Crippen molar-refractivity contribution in [1.82, 2.24) is 10.2 Å². The highest BCUT2D eigenvalue weighted by atomic mass is 19.1. The Kier molecular flexibility index (Phi) is 8.23. The molecule has 0 radical (unpaired) electrons. The van der Waals surface area contributed by atoms with Crippen LogP contribution in [0.25, 0.3) is 0 Å². The Bertz CT molecular complexity index is 891. The van der Waals surface area contributed by atoms with Crippen LogP contribution in [0.4, 0.5) is 8.78 Å². The number of halogens is 2. The molecule has 0 unspecified atom stereocenters. The minimum absolute atomic E-state index is 0.000395. The van der Waals surface area contributed by atoms with E-state index in [2.05, 4.69) is 10.2 Å². The van der Waals surface area contributed by atoms with E-state index in [0.29, 0.717) is 42.5 Å².